The molecule has 1 unspecified atom stereocenters. The highest BCUT2D eigenvalue weighted by atomic mass is 79.9. The largest absolute Gasteiger partial charge is 0.402 e. The first-order chi connectivity index (χ1) is 8.46. The molecule has 0 aliphatic rings. The van der Waals surface area contributed by atoms with E-state index < -0.39 is 35.7 Å². The fourth-order valence-corrected chi connectivity index (χ4v) is 1.93. The van der Waals surface area contributed by atoms with Gasteiger partial charge in [0.15, 0.2) is 5.92 Å². The average molecular weight is 354 g/mol. The average Bonchev–Trinajstić information content (AvgIpc) is 2.17. The maximum atomic E-state index is 13.5. The zero-order valence-electron chi connectivity index (χ0n) is 8.99. The van der Waals surface area contributed by atoms with Gasteiger partial charge in [0, 0.05) is 5.56 Å². The summed E-state index contributed by atoms with van der Waals surface area (Å²) in [6.45, 7) is 0. The van der Waals surface area contributed by atoms with Crippen LogP contribution in [-0.2, 0) is 0 Å². The zero-order valence-corrected chi connectivity index (χ0v) is 10.6. The van der Waals surface area contributed by atoms with Crippen LogP contribution in [0.25, 0.3) is 0 Å². The van der Waals surface area contributed by atoms with E-state index >= 15 is 0 Å². The highest BCUT2D eigenvalue weighted by Gasteiger charge is 2.60. The van der Waals surface area contributed by atoms with Crippen molar-refractivity contribution in [1.29, 1.82) is 0 Å². The minimum atomic E-state index is -5.62. The van der Waals surface area contributed by atoms with E-state index in [-0.39, 0.29) is 4.47 Å². The summed E-state index contributed by atoms with van der Waals surface area (Å²) in [6, 6.07) is 0.459. The van der Waals surface area contributed by atoms with Crippen molar-refractivity contribution < 1.29 is 30.7 Å². The van der Waals surface area contributed by atoms with Crippen molar-refractivity contribution in [2.45, 2.75) is 18.4 Å². The van der Waals surface area contributed by atoms with Crippen molar-refractivity contribution in [3.8, 4) is 0 Å². The van der Waals surface area contributed by atoms with Gasteiger partial charge >= 0.3 is 12.4 Å². The van der Waals surface area contributed by atoms with E-state index in [4.69, 9.17) is 5.73 Å². The lowest BCUT2D eigenvalue weighted by Gasteiger charge is -2.28. The lowest BCUT2D eigenvalue weighted by Crippen LogP contribution is -2.44. The highest BCUT2D eigenvalue weighted by molar-refractivity contribution is 9.10. The number of hydrogen-bond acceptors (Lipinski definition) is 1. The summed E-state index contributed by atoms with van der Waals surface area (Å²) in [7, 11) is 0. The van der Waals surface area contributed by atoms with E-state index in [1.54, 1.807) is 0 Å². The third-order valence-corrected chi connectivity index (χ3v) is 3.02. The fourth-order valence-electron chi connectivity index (χ4n) is 1.55. The molecule has 0 amide bonds. The molecule has 2 N–H and O–H groups in total. The molecule has 0 bridgehead atoms. The van der Waals surface area contributed by atoms with Crippen LogP contribution in [0.5, 0.6) is 0 Å². The molecule has 0 saturated heterocycles. The monoisotopic (exact) mass is 353 g/mol. The summed E-state index contributed by atoms with van der Waals surface area (Å²) in [5.74, 6) is -5.07. The second-order valence-corrected chi connectivity index (χ2v) is 4.58. The summed E-state index contributed by atoms with van der Waals surface area (Å²) in [5.41, 5.74) is 4.13. The van der Waals surface area contributed by atoms with Crippen LogP contribution >= 0.6 is 15.9 Å². The normalized spacial score (nSPS) is 14.8. The lowest BCUT2D eigenvalue weighted by atomic mass is 9.92. The lowest BCUT2D eigenvalue weighted by molar-refractivity contribution is -0.290. The molecule has 1 nitrogen and oxygen atoms in total. The molecule has 0 aliphatic heterocycles. The minimum absolute atomic E-state index is 0.261. The summed E-state index contributed by atoms with van der Waals surface area (Å²) < 4.78 is 88.0. The van der Waals surface area contributed by atoms with E-state index in [1.165, 1.54) is 0 Å². The summed E-state index contributed by atoms with van der Waals surface area (Å²) in [4.78, 5) is 0. The Labute approximate surface area is 111 Å². The summed E-state index contributed by atoms with van der Waals surface area (Å²) in [5, 5.41) is 0. The standard InChI is InChI=1S/C10H7BrF7N/c11-5-3-1-2-4(6(5)12)7(19)8(9(13,14)15)10(16,17)18/h1-3,7-8H,19H2. The Bertz CT molecular complexity index is 440. The topological polar surface area (TPSA) is 26.0 Å². The number of halogens is 8. The van der Waals surface area contributed by atoms with E-state index in [0.717, 1.165) is 18.2 Å². The maximum absolute atomic E-state index is 13.5. The number of hydrogen-bond donors (Lipinski definition) is 1. The Hall–Kier alpha value is -0.830. The molecule has 0 radical (unpaired) electrons. The first kappa shape index (κ1) is 16.2. The Balaban J connectivity index is 3.28. The molecule has 0 aliphatic carbocycles. The van der Waals surface area contributed by atoms with Crippen LogP contribution in [0, 0.1) is 11.7 Å². The molecular formula is C10H7BrF7N. The van der Waals surface area contributed by atoms with Gasteiger partial charge in [0.05, 0.1) is 10.5 Å². The highest BCUT2D eigenvalue weighted by Crippen LogP contribution is 2.46. The fraction of sp³-hybridized carbons (Fsp3) is 0.400. The SMILES string of the molecule is NC(c1cccc(Br)c1F)C(C(F)(F)F)C(F)(F)F. The van der Waals surface area contributed by atoms with Crippen LogP contribution in [0.3, 0.4) is 0 Å². The molecule has 1 atom stereocenters. The quantitative estimate of drug-likeness (QED) is 0.787. The van der Waals surface area contributed by atoms with Gasteiger partial charge in [-0.05, 0) is 22.0 Å². The molecular weight excluding hydrogens is 347 g/mol. The molecule has 1 rings (SSSR count). The molecule has 0 heterocycles. The van der Waals surface area contributed by atoms with Crippen LogP contribution in [0.2, 0.25) is 0 Å². The first-order valence-corrected chi connectivity index (χ1v) is 5.58. The van der Waals surface area contributed by atoms with Crippen molar-refractivity contribution in [1.82, 2.24) is 0 Å². The van der Waals surface area contributed by atoms with Gasteiger partial charge in [-0.2, -0.15) is 26.3 Å². The number of benzene rings is 1. The number of nitrogens with two attached hydrogens (primary N) is 1. The Morgan fingerprint density at radius 1 is 1.00 bits per heavy atom. The zero-order chi connectivity index (χ0) is 15.0. The summed E-state index contributed by atoms with van der Waals surface area (Å²) >= 11 is 2.67. The summed E-state index contributed by atoms with van der Waals surface area (Å²) in [6.07, 6.45) is -11.2. The van der Waals surface area contributed by atoms with Crippen LogP contribution < -0.4 is 5.73 Å². The van der Waals surface area contributed by atoms with Crippen LogP contribution in [-0.4, -0.2) is 12.4 Å². The molecule has 1 aromatic rings. The van der Waals surface area contributed by atoms with Crippen molar-refractivity contribution in [3.63, 3.8) is 0 Å². The van der Waals surface area contributed by atoms with Gasteiger partial charge in [-0.15, -0.1) is 0 Å². The van der Waals surface area contributed by atoms with Gasteiger partial charge in [0.1, 0.15) is 5.82 Å². The number of alkyl halides is 6. The van der Waals surface area contributed by atoms with E-state index in [1.807, 2.05) is 0 Å². The van der Waals surface area contributed by atoms with E-state index in [2.05, 4.69) is 15.9 Å². The molecule has 0 saturated carbocycles. The molecule has 108 valence electrons. The Morgan fingerprint density at radius 3 is 1.89 bits per heavy atom. The maximum Gasteiger partial charge on any atom is 0.402 e. The van der Waals surface area contributed by atoms with Crippen molar-refractivity contribution >= 4 is 15.9 Å². The van der Waals surface area contributed by atoms with E-state index in [9.17, 15) is 30.7 Å². The van der Waals surface area contributed by atoms with Crippen molar-refractivity contribution in [3.05, 3.63) is 34.1 Å². The predicted octanol–water partition coefficient (Wildman–Crippen LogP) is 4.33. The van der Waals surface area contributed by atoms with Crippen molar-refractivity contribution in [2.24, 2.45) is 11.7 Å². The van der Waals surface area contributed by atoms with Crippen molar-refractivity contribution in [2.75, 3.05) is 0 Å². The Morgan fingerprint density at radius 2 is 1.47 bits per heavy atom. The molecule has 1 aromatic carbocycles. The molecule has 0 fully saturated rings. The van der Waals surface area contributed by atoms with Gasteiger partial charge in [-0.1, -0.05) is 12.1 Å². The predicted molar refractivity (Wildman–Crippen MR) is 56.6 cm³/mol. The van der Waals surface area contributed by atoms with Gasteiger partial charge < -0.3 is 5.73 Å². The molecule has 0 aromatic heterocycles. The second kappa shape index (κ2) is 5.28. The van der Waals surface area contributed by atoms with Crippen LogP contribution in [0.15, 0.2) is 22.7 Å². The third kappa shape index (κ3) is 3.59. The third-order valence-electron chi connectivity index (χ3n) is 2.40. The van der Waals surface area contributed by atoms with Crippen LogP contribution in [0.4, 0.5) is 30.7 Å². The Kier molecular flexibility index (Phi) is 4.51. The van der Waals surface area contributed by atoms with Gasteiger partial charge in [0.25, 0.3) is 0 Å². The van der Waals surface area contributed by atoms with Gasteiger partial charge in [-0.3, -0.25) is 0 Å². The van der Waals surface area contributed by atoms with Gasteiger partial charge in [0.2, 0.25) is 0 Å². The smallest absolute Gasteiger partial charge is 0.323 e. The molecule has 19 heavy (non-hydrogen) atoms. The van der Waals surface area contributed by atoms with Crippen LogP contribution in [0.1, 0.15) is 11.6 Å². The van der Waals surface area contributed by atoms with Gasteiger partial charge in [-0.25, -0.2) is 4.39 Å². The van der Waals surface area contributed by atoms with E-state index in [0.29, 0.717) is 0 Å². The number of rotatable bonds is 2. The second-order valence-electron chi connectivity index (χ2n) is 3.73. The molecule has 9 heteroatoms. The molecule has 0 spiro atoms. The first-order valence-electron chi connectivity index (χ1n) is 4.79. The minimum Gasteiger partial charge on any atom is -0.323 e.